The van der Waals surface area contributed by atoms with Crippen LogP contribution in [0.15, 0.2) is 30.3 Å². The summed E-state index contributed by atoms with van der Waals surface area (Å²) >= 11 is 0. The summed E-state index contributed by atoms with van der Waals surface area (Å²) < 4.78 is 0. The minimum Gasteiger partial charge on any atom is -0.335 e. The molecule has 0 radical (unpaired) electrons. The summed E-state index contributed by atoms with van der Waals surface area (Å²) in [6.07, 6.45) is 4.77. The SMILES string of the molecule is CC(N)CCCC(=O)N(Cc1ccccc1)C1CC1. The van der Waals surface area contributed by atoms with Gasteiger partial charge in [0, 0.05) is 25.0 Å². The average molecular weight is 260 g/mol. The van der Waals surface area contributed by atoms with Gasteiger partial charge in [-0.05, 0) is 38.2 Å². The van der Waals surface area contributed by atoms with Crippen molar-refractivity contribution in [2.24, 2.45) is 5.73 Å². The van der Waals surface area contributed by atoms with Crippen LogP contribution in [-0.2, 0) is 11.3 Å². The summed E-state index contributed by atoms with van der Waals surface area (Å²) in [5.74, 6) is 0.284. The molecule has 1 amide bonds. The molecule has 0 heterocycles. The molecule has 3 heteroatoms. The van der Waals surface area contributed by atoms with E-state index in [-0.39, 0.29) is 11.9 Å². The monoisotopic (exact) mass is 260 g/mol. The van der Waals surface area contributed by atoms with Crippen molar-refractivity contribution in [2.75, 3.05) is 0 Å². The standard InChI is InChI=1S/C16H24N2O/c1-13(17)6-5-9-16(19)18(15-10-11-15)12-14-7-3-2-4-8-14/h2-4,7-8,13,15H,5-6,9-12,17H2,1H3. The second-order valence-electron chi connectivity index (χ2n) is 5.61. The van der Waals surface area contributed by atoms with Crippen LogP contribution >= 0.6 is 0 Å². The van der Waals surface area contributed by atoms with Crippen molar-refractivity contribution in [3.8, 4) is 0 Å². The highest BCUT2D eigenvalue weighted by molar-refractivity contribution is 5.76. The average Bonchev–Trinajstić information content (AvgIpc) is 3.21. The van der Waals surface area contributed by atoms with Crippen molar-refractivity contribution in [1.29, 1.82) is 0 Å². The van der Waals surface area contributed by atoms with Crippen LogP contribution in [0.2, 0.25) is 0 Å². The van der Waals surface area contributed by atoms with Crippen LogP contribution in [0.25, 0.3) is 0 Å². The van der Waals surface area contributed by atoms with Crippen LogP contribution in [0.5, 0.6) is 0 Å². The predicted molar refractivity (Wildman–Crippen MR) is 77.5 cm³/mol. The second kappa shape index (κ2) is 6.71. The molecule has 1 aliphatic rings. The molecule has 0 bridgehead atoms. The van der Waals surface area contributed by atoms with Crippen LogP contribution in [0.1, 0.15) is 44.6 Å². The zero-order chi connectivity index (χ0) is 13.7. The summed E-state index contributed by atoms with van der Waals surface area (Å²) in [6.45, 7) is 2.75. The van der Waals surface area contributed by atoms with Crippen molar-refractivity contribution in [3.05, 3.63) is 35.9 Å². The van der Waals surface area contributed by atoms with E-state index in [1.807, 2.05) is 25.1 Å². The Balaban J connectivity index is 1.87. The van der Waals surface area contributed by atoms with Gasteiger partial charge in [0.05, 0.1) is 0 Å². The molecule has 1 fully saturated rings. The van der Waals surface area contributed by atoms with Crippen molar-refractivity contribution in [3.63, 3.8) is 0 Å². The molecule has 0 aliphatic heterocycles. The summed E-state index contributed by atoms with van der Waals surface area (Å²) in [4.78, 5) is 14.3. The Kier molecular flexibility index (Phi) is 4.97. The first-order valence-corrected chi connectivity index (χ1v) is 7.26. The lowest BCUT2D eigenvalue weighted by Crippen LogP contribution is -2.32. The number of carbonyl (C=O) groups excluding carboxylic acids is 1. The Morgan fingerprint density at radius 3 is 2.63 bits per heavy atom. The van der Waals surface area contributed by atoms with Crippen LogP contribution < -0.4 is 5.73 Å². The highest BCUT2D eigenvalue weighted by atomic mass is 16.2. The molecule has 1 unspecified atom stereocenters. The maximum Gasteiger partial charge on any atom is 0.223 e. The lowest BCUT2D eigenvalue weighted by Gasteiger charge is -2.23. The number of hydrogen-bond donors (Lipinski definition) is 1. The molecule has 19 heavy (non-hydrogen) atoms. The van der Waals surface area contributed by atoms with Gasteiger partial charge < -0.3 is 10.6 Å². The van der Waals surface area contributed by atoms with Crippen molar-refractivity contribution in [2.45, 2.75) is 57.7 Å². The zero-order valence-electron chi connectivity index (χ0n) is 11.7. The summed E-state index contributed by atoms with van der Waals surface area (Å²) in [7, 11) is 0. The fourth-order valence-corrected chi connectivity index (χ4v) is 2.31. The quantitative estimate of drug-likeness (QED) is 0.819. The van der Waals surface area contributed by atoms with Gasteiger partial charge in [-0.25, -0.2) is 0 Å². The van der Waals surface area contributed by atoms with Gasteiger partial charge in [-0.3, -0.25) is 4.79 Å². The molecule has 0 aromatic heterocycles. The molecule has 1 atom stereocenters. The van der Waals surface area contributed by atoms with E-state index in [2.05, 4.69) is 17.0 Å². The van der Waals surface area contributed by atoms with Crippen molar-refractivity contribution >= 4 is 5.91 Å². The van der Waals surface area contributed by atoms with Gasteiger partial charge in [0.2, 0.25) is 5.91 Å². The molecule has 1 aromatic rings. The molecule has 0 saturated heterocycles. The topological polar surface area (TPSA) is 46.3 Å². The molecule has 2 rings (SSSR count). The largest absolute Gasteiger partial charge is 0.335 e. The summed E-state index contributed by atoms with van der Waals surface area (Å²) in [5.41, 5.74) is 6.94. The van der Waals surface area contributed by atoms with E-state index in [4.69, 9.17) is 5.73 Å². The first-order chi connectivity index (χ1) is 9.16. The third-order valence-electron chi connectivity index (χ3n) is 3.55. The minimum atomic E-state index is 0.191. The lowest BCUT2D eigenvalue weighted by atomic mass is 10.1. The van der Waals surface area contributed by atoms with Gasteiger partial charge >= 0.3 is 0 Å². The Morgan fingerprint density at radius 1 is 1.37 bits per heavy atom. The number of nitrogens with two attached hydrogens (primary N) is 1. The van der Waals surface area contributed by atoms with E-state index in [0.29, 0.717) is 12.5 Å². The molecule has 1 aromatic carbocycles. The number of rotatable bonds is 7. The molecule has 1 aliphatic carbocycles. The van der Waals surface area contributed by atoms with Crippen molar-refractivity contribution < 1.29 is 4.79 Å². The second-order valence-corrected chi connectivity index (χ2v) is 5.61. The molecule has 0 spiro atoms. The molecular formula is C16H24N2O. The van der Waals surface area contributed by atoms with E-state index < -0.39 is 0 Å². The number of benzene rings is 1. The van der Waals surface area contributed by atoms with Crippen molar-refractivity contribution in [1.82, 2.24) is 4.90 Å². The van der Waals surface area contributed by atoms with Crippen LogP contribution in [-0.4, -0.2) is 22.9 Å². The summed E-state index contributed by atoms with van der Waals surface area (Å²) in [6, 6.07) is 10.9. The Bertz CT molecular complexity index is 398. The van der Waals surface area contributed by atoms with Gasteiger partial charge in [0.1, 0.15) is 0 Å². The maximum atomic E-state index is 12.3. The molecule has 1 saturated carbocycles. The highest BCUT2D eigenvalue weighted by Crippen LogP contribution is 2.29. The fraction of sp³-hybridized carbons (Fsp3) is 0.562. The van der Waals surface area contributed by atoms with Gasteiger partial charge in [-0.2, -0.15) is 0 Å². The zero-order valence-corrected chi connectivity index (χ0v) is 11.7. The van der Waals surface area contributed by atoms with E-state index in [0.717, 1.165) is 32.2 Å². The fourth-order valence-electron chi connectivity index (χ4n) is 2.31. The van der Waals surface area contributed by atoms with Crippen LogP contribution in [0.3, 0.4) is 0 Å². The van der Waals surface area contributed by atoms with Gasteiger partial charge in [-0.15, -0.1) is 0 Å². The number of nitrogens with zero attached hydrogens (tertiary/aromatic N) is 1. The first kappa shape index (κ1) is 14.1. The van der Waals surface area contributed by atoms with Crippen LogP contribution in [0.4, 0.5) is 0 Å². The maximum absolute atomic E-state index is 12.3. The van der Waals surface area contributed by atoms with E-state index >= 15 is 0 Å². The summed E-state index contributed by atoms with van der Waals surface area (Å²) in [5, 5.41) is 0. The lowest BCUT2D eigenvalue weighted by molar-refractivity contribution is -0.132. The number of amides is 1. The van der Waals surface area contributed by atoms with Gasteiger partial charge in [0.25, 0.3) is 0 Å². The molecule has 3 nitrogen and oxygen atoms in total. The Hall–Kier alpha value is -1.35. The highest BCUT2D eigenvalue weighted by Gasteiger charge is 2.31. The first-order valence-electron chi connectivity index (χ1n) is 7.26. The van der Waals surface area contributed by atoms with Gasteiger partial charge in [0.15, 0.2) is 0 Å². The smallest absolute Gasteiger partial charge is 0.223 e. The number of carbonyl (C=O) groups is 1. The Labute approximate surface area is 115 Å². The number of hydrogen-bond acceptors (Lipinski definition) is 2. The van der Waals surface area contributed by atoms with Crippen LogP contribution in [0, 0.1) is 0 Å². The predicted octanol–water partition coefficient (Wildman–Crippen LogP) is 2.70. The normalized spacial score (nSPS) is 16.1. The van der Waals surface area contributed by atoms with Gasteiger partial charge in [-0.1, -0.05) is 30.3 Å². The van der Waals surface area contributed by atoms with E-state index in [1.54, 1.807) is 0 Å². The molecular weight excluding hydrogens is 236 g/mol. The molecule has 2 N–H and O–H groups in total. The third kappa shape index (κ3) is 4.67. The van der Waals surface area contributed by atoms with E-state index in [9.17, 15) is 4.79 Å². The minimum absolute atomic E-state index is 0.191. The molecule has 104 valence electrons. The Morgan fingerprint density at radius 2 is 2.05 bits per heavy atom. The van der Waals surface area contributed by atoms with E-state index in [1.165, 1.54) is 5.56 Å². The third-order valence-corrected chi connectivity index (χ3v) is 3.55.